The maximum atomic E-state index is 10.5. The number of hydrogen-bond acceptors (Lipinski definition) is 2. The molecule has 0 saturated carbocycles. The van der Waals surface area contributed by atoms with E-state index in [0.29, 0.717) is 12.8 Å². The van der Waals surface area contributed by atoms with E-state index in [1.165, 1.54) is 0 Å². The van der Waals surface area contributed by atoms with Gasteiger partial charge < -0.3 is 0 Å². The van der Waals surface area contributed by atoms with Crippen molar-refractivity contribution in [1.82, 2.24) is 0 Å². The highest BCUT2D eigenvalue weighted by Crippen LogP contribution is 2.08. The molecule has 0 bridgehead atoms. The SMILES string of the molecule is O=[C][C@H](C[C]=S)Cc1ccccc1. The molecule has 0 heterocycles. The van der Waals surface area contributed by atoms with E-state index in [4.69, 9.17) is 0 Å². The normalized spacial score (nSPS) is 12.0. The lowest BCUT2D eigenvalue weighted by Gasteiger charge is -2.04. The van der Waals surface area contributed by atoms with E-state index in [-0.39, 0.29) is 5.92 Å². The molecule has 0 unspecified atom stereocenters. The average molecular weight is 190 g/mol. The lowest BCUT2D eigenvalue weighted by atomic mass is 9.99. The Morgan fingerprint density at radius 2 is 2.00 bits per heavy atom. The van der Waals surface area contributed by atoms with Gasteiger partial charge in [0.1, 0.15) is 0 Å². The molecule has 0 N–H and O–H groups in total. The Hall–Kier alpha value is -1.02. The number of hydrogen-bond donors (Lipinski definition) is 0. The number of carbonyl (C=O) groups excluding carboxylic acids is 1. The Balaban J connectivity index is 2.56. The average Bonchev–Trinajstić information content (AvgIpc) is 2.19. The second-order valence-electron chi connectivity index (χ2n) is 2.85. The van der Waals surface area contributed by atoms with Crippen LogP contribution in [-0.4, -0.2) is 11.7 Å². The first kappa shape index (κ1) is 10.1. The molecule has 1 atom stereocenters. The van der Waals surface area contributed by atoms with E-state index < -0.39 is 0 Å². The van der Waals surface area contributed by atoms with Crippen molar-refractivity contribution in [2.75, 3.05) is 0 Å². The quantitative estimate of drug-likeness (QED) is 0.662. The maximum absolute atomic E-state index is 10.5. The molecule has 0 amide bonds. The Morgan fingerprint density at radius 1 is 1.31 bits per heavy atom. The molecule has 2 radical (unpaired) electrons. The molecule has 0 aliphatic rings. The second kappa shape index (κ2) is 5.60. The fourth-order valence-corrected chi connectivity index (χ4v) is 1.36. The van der Waals surface area contributed by atoms with Gasteiger partial charge in [-0.15, -0.1) is 0 Å². The largest absolute Gasteiger partial charge is 0.291 e. The van der Waals surface area contributed by atoms with E-state index in [0.717, 1.165) is 5.56 Å². The van der Waals surface area contributed by atoms with Gasteiger partial charge >= 0.3 is 0 Å². The standard InChI is InChI=1S/C11H10OS/c12-9-11(6-7-13)8-10-4-2-1-3-5-10/h1-5,11H,6,8H2/t11-/m1/s1. The first-order valence-electron chi connectivity index (χ1n) is 4.13. The minimum Gasteiger partial charge on any atom is -0.291 e. The van der Waals surface area contributed by atoms with Gasteiger partial charge in [-0.05, 0) is 18.4 Å². The van der Waals surface area contributed by atoms with Gasteiger partial charge in [0.2, 0.25) is 6.29 Å². The smallest absolute Gasteiger partial charge is 0.202 e. The highest BCUT2D eigenvalue weighted by Gasteiger charge is 2.07. The van der Waals surface area contributed by atoms with Gasteiger partial charge in [0.15, 0.2) is 0 Å². The van der Waals surface area contributed by atoms with Crippen molar-refractivity contribution in [1.29, 1.82) is 0 Å². The van der Waals surface area contributed by atoms with Gasteiger partial charge in [-0.25, -0.2) is 0 Å². The van der Waals surface area contributed by atoms with Crippen LogP contribution >= 0.6 is 12.2 Å². The lowest BCUT2D eigenvalue weighted by molar-refractivity contribution is 0.523. The summed E-state index contributed by atoms with van der Waals surface area (Å²) in [5.74, 6) is -0.139. The van der Waals surface area contributed by atoms with Crippen LogP contribution in [0.4, 0.5) is 0 Å². The second-order valence-corrected chi connectivity index (χ2v) is 3.14. The van der Waals surface area contributed by atoms with Crippen LogP contribution in [0.3, 0.4) is 0 Å². The van der Waals surface area contributed by atoms with E-state index in [1.807, 2.05) is 36.6 Å². The molecule has 1 aromatic carbocycles. The first-order chi connectivity index (χ1) is 6.36. The van der Waals surface area contributed by atoms with E-state index in [2.05, 4.69) is 17.6 Å². The maximum Gasteiger partial charge on any atom is 0.202 e. The van der Waals surface area contributed by atoms with Crippen LogP contribution in [0.1, 0.15) is 12.0 Å². The molecule has 13 heavy (non-hydrogen) atoms. The van der Waals surface area contributed by atoms with Crippen molar-refractivity contribution in [3.8, 4) is 0 Å². The summed E-state index contributed by atoms with van der Waals surface area (Å²) in [5, 5.41) is 2.56. The summed E-state index contributed by atoms with van der Waals surface area (Å²) >= 11 is 4.58. The van der Waals surface area contributed by atoms with Crippen LogP contribution in [0.5, 0.6) is 0 Å². The van der Waals surface area contributed by atoms with Crippen LogP contribution in [0.15, 0.2) is 30.3 Å². The Bertz CT molecular complexity index is 269. The summed E-state index contributed by atoms with van der Waals surface area (Å²) in [6, 6.07) is 9.85. The number of thiocarbonyl (C=S) groups is 1. The summed E-state index contributed by atoms with van der Waals surface area (Å²) in [7, 11) is 0. The van der Waals surface area contributed by atoms with Crippen molar-refractivity contribution >= 4 is 23.9 Å². The zero-order valence-corrected chi connectivity index (χ0v) is 8.01. The minimum atomic E-state index is -0.139. The van der Waals surface area contributed by atoms with E-state index in [9.17, 15) is 4.79 Å². The van der Waals surface area contributed by atoms with Gasteiger partial charge in [0.25, 0.3) is 0 Å². The molecule has 66 valence electrons. The lowest BCUT2D eigenvalue weighted by Crippen LogP contribution is -2.05. The van der Waals surface area contributed by atoms with Crippen LogP contribution in [0.25, 0.3) is 0 Å². The Kier molecular flexibility index (Phi) is 4.33. The zero-order valence-electron chi connectivity index (χ0n) is 7.19. The third-order valence-electron chi connectivity index (χ3n) is 1.82. The van der Waals surface area contributed by atoms with Crippen molar-refractivity contribution in [3.63, 3.8) is 0 Å². The molecule has 0 saturated heterocycles. The summed E-state index contributed by atoms with van der Waals surface area (Å²) < 4.78 is 0. The molecule has 0 aliphatic heterocycles. The van der Waals surface area contributed by atoms with Gasteiger partial charge in [-0.2, -0.15) is 0 Å². The first-order valence-corrected chi connectivity index (χ1v) is 4.54. The highest BCUT2D eigenvalue weighted by atomic mass is 32.1. The molecule has 2 heteroatoms. The molecule has 1 rings (SSSR count). The predicted octanol–water partition coefficient (Wildman–Crippen LogP) is 2.22. The monoisotopic (exact) mass is 190 g/mol. The summed E-state index contributed by atoms with van der Waals surface area (Å²) in [6.07, 6.45) is 3.18. The van der Waals surface area contributed by atoms with Gasteiger partial charge in [-0.3, -0.25) is 4.79 Å². The topological polar surface area (TPSA) is 17.1 Å². The van der Waals surface area contributed by atoms with Crippen molar-refractivity contribution in [3.05, 3.63) is 35.9 Å². The van der Waals surface area contributed by atoms with Crippen LogP contribution in [0, 0.1) is 5.92 Å². The molecule has 0 aliphatic carbocycles. The molecular weight excluding hydrogens is 180 g/mol. The number of rotatable bonds is 5. The summed E-state index contributed by atoms with van der Waals surface area (Å²) in [5.41, 5.74) is 1.14. The minimum absolute atomic E-state index is 0.139. The van der Waals surface area contributed by atoms with Crippen LogP contribution in [0.2, 0.25) is 0 Å². The van der Waals surface area contributed by atoms with E-state index in [1.54, 1.807) is 0 Å². The summed E-state index contributed by atoms with van der Waals surface area (Å²) in [6.45, 7) is 0. The summed E-state index contributed by atoms with van der Waals surface area (Å²) in [4.78, 5) is 10.5. The molecule has 1 nitrogen and oxygen atoms in total. The van der Waals surface area contributed by atoms with Gasteiger partial charge in [0, 0.05) is 11.3 Å². The van der Waals surface area contributed by atoms with Crippen molar-refractivity contribution in [2.24, 2.45) is 5.92 Å². The van der Waals surface area contributed by atoms with Gasteiger partial charge in [0.05, 0.1) is 0 Å². The van der Waals surface area contributed by atoms with E-state index >= 15 is 0 Å². The molecule has 1 aromatic rings. The zero-order chi connectivity index (χ0) is 9.52. The van der Waals surface area contributed by atoms with Crippen molar-refractivity contribution in [2.45, 2.75) is 12.8 Å². The molecular formula is C11H10OS. The highest BCUT2D eigenvalue weighted by molar-refractivity contribution is 7.78. The Labute approximate surface area is 83.8 Å². The van der Waals surface area contributed by atoms with Crippen molar-refractivity contribution < 1.29 is 4.79 Å². The number of benzene rings is 1. The van der Waals surface area contributed by atoms with Crippen LogP contribution in [-0.2, 0) is 11.2 Å². The Morgan fingerprint density at radius 3 is 2.54 bits per heavy atom. The molecule has 0 spiro atoms. The van der Waals surface area contributed by atoms with Crippen LogP contribution < -0.4 is 0 Å². The fraction of sp³-hybridized carbons (Fsp3) is 0.273. The predicted molar refractivity (Wildman–Crippen MR) is 56.5 cm³/mol. The third kappa shape index (κ3) is 3.47. The van der Waals surface area contributed by atoms with Gasteiger partial charge in [-0.1, -0.05) is 42.5 Å². The molecule has 0 aromatic heterocycles. The fourth-order valence-electron chi connectivity index (χ4n) is 1.15. The third-order valence-corrected chi connectivity index (χ3v) is 1.99. The molecule has 0 fully saturated rings.